The number of hydrazone groups is 1. The second-order valence-electron chi connectivity index (χ2n) is 6.28. The number of esters is 1. The van der Waals surface area contributed by atoms with E-state index in [1.807, 2.05) is 43.3 Å². The number of hydrogen-bond acceptors (Lipinski definition) is 6. The molecule has 1 heterocycles. The van der Waals surface area contributed by atoms with Crippen LogP contribution in [0.15, 0.2) is 57.6 Å². The van der Waals surface area contributed by atoms with Crippen molar-refractivity contribution in [2.24, 2.45) is 15.1 Å². The third kappa shape index (κ3) is 5.02. The van der Waals surface area contributed by atoms with E-state index < -0.39 is 5.97 Å². The van der Waals surface area contributed by atoms with E-state index in [4.69, 9.17) is 32.9 Å². The summed E-state index contributed by atoms with van der Waals surface area (Å²) in [6.07, 6.45) is 1.26. The Morgan fingerprint density at radius 1 is 1.21 bits per heavy atom. The summed E-state index contributed by atoms with van der Waals surface area (Å²) in [5, 5.41) is 5.35. The SMILES string of the molecule is CCC/C(=N\NC1=Nc2ccc(Cl)cc2C(c2ccccc2Cl)=NC1)C(=O)OC. The standard InChI is InChI=1S/C21H20Cl2N4O2/c1-3-6-18(21(28)29-2)26-27-19-12-24-20(14-7-4-5-8-16(14)23)15-11-13(22)9-10-17(15)25-19/h4-5,7-11H,3,6,12H2,1-2H3,(H,25,27)/b26-18+. The van der Waals surface area contributed by atoms with Crippen LogP contribution in [0.4, 0.5) is 5.69 Å². The van der Waals surface area contributed by atoms with Crippen molar-refractivity contribution in [3.63, 3.8) is 0 Å². The average molecular weight is 431 g/mol. The highest BCUT2D eigenvalue weighted by molar-refractivity contribution is 6.37. The number of hydrogen-bond donors (Lipinski definition) is 1. The number of halogens is 2. The first-order valence-electron chi connectivity index (χ1n) is 9.11. The summed E-state index contributed by atoms with van der Waals surface area (Å²) >= 11 is 12.6. The largest absolute Gasteiger partial charge is 0.464 e. The van der Waals surface area contributed by atoms with Crippen molar-refractivity contribution in [1.29, 1.82) is 0 Å². The molecule has 0 bridgehead atoms. The Balaban J connectivity index is 2.00. The highest BCUT2D eigenvalue weighted by atomic mass is 35.5. The summed E-state index contributed by atoms with van der Waals surface area (Å²) in [5.41, 5.74) is 6.10. The molecule has 1 aliphatic heterocycles. The van der Waals surface area contributed by atoms with E-state index in [0.717, 1.165) is 17.5 Å². The van der Waals surface area contributed by atoms with Gasteiger partial charge < -0.3 is 4.74 Å². The van der Waals surface area contributed by atoms with Gasteiger partial charge in [-0.2, -0.15) is 5.10 Å². The number of nitrogens with zero attached hydrogens (tertiary/aromatic N) is 3. The number of methoxy groups -OCH3 is 1. The van der Waals surface area contributed by atoms with Gasteiger partial charge in [-0.1, -0.05) is 54.7 Å². The fourth-order valence-electron chi connectivity index (χ4n) is 2.85. The minimum atomic E-state index is -0.471. The van der Waals surface area contributed by atoms with E-state index in [2.05, 4.69) is 15.5 Å². The molecular formula is C21H20Cl2N4O2. The number of ether oxygens (including phenoxy) is 1. The number of nitrogens with one attached hydrogen (secondary N) is 1. The average Bonchev–Trinajstić information content (AvgIpc) is 2.90. The fourth-order valence-corrected chi connectivity index (χ4v) is 3.25. The van der Waals surface area contributed by atoms with Gasteiger partial charge in [0.1, 0.15) is 11.5 Å². The predicted octanol–water partition coefficient (Wildman–Crippen LogP) is 4.79. The molecule has 2 aromatic rings. The van der Waals surface area contributed by atoms with Gasteiger partial charge in [-0.05, 0) is 30.7 Å². The molecule has 29 heavy (non-hydrogen) atoms. The molecule has 0 atom stereocenters. The number of carbonyl (C=O) groups excluding carboxylic acids is 1. The van der Waals surface area contributed by atoms with Crippen molar-refractivity contribution in [1.82, 2.24) is 5.43 Å². The molecular weight excluding hydrogens is 411 g/mol. The summed E-state index contributed by atoms with van der Waals surface area (Å²) in [6.45, 7) is 2.19. The van der Waals surface area contributed by atoms with Crippen LogP contribution < -0.4 is 5.43 Å². The van der Waals surface area contributed by atoms with E-state index in [9.17, 15) is 4.79 Å². The van der Waals surface area contributed by atoms with E-state index in [1.165, 1.54) is 7.11 Å². The molecule has 2 aromatic carbocycles. The third-order valence-corrected chi connectivity index (χ3v) is 4.78. The van der Waals surface area contributed by atoms with Crippen LogP contribution >= 0.6 is 23.2 Å². The molecule has 0 aliphatic carbocycles. The lowest BCUT2D eigenvalue weighted by Gasteiger charge is -2.10. The second kappa shape index (κ2) is 9.67. The zero-order valence-corrected chi connectivity index (χ0v) is 17.6. The maximum atomic E-state index is 11.9. The van der Waals surface area contributed by atoms with Crippen molar-refractivity contribution in [2.45, 2.75) is 19.8 Å². The molecule has 0 amide bonds. The number of benzene rings is 2. The summed E-state index contributed by atoms with van der Waals surface area (Å²) < 4.78 is 4.78. The zero-order chi connectivity index (χ0) is 20.8. The Morgan fingerprint density at radius 3 is 2.72 bits per heavy atom. The minimum Gasteiger partial charge on any atom is -0.464 e. The predicted molar refractivity (Wildman–Crippen MR) is 118 cm³/mol. The van der Waals surface area contributed by atoms with Crippen LogP contribution in [0.25, 0.3) is 0 Å². The molecule has 0 radical (unpaired) electrons. The van der Waals surface area contributed by atoms with Gasteiger partial charge in [0, 0.05) is 21.2 Å². The lowest BCUT2D eigenvalue weighted by molar-refractivity contribution is -0.132. The molecule has 0 saturated carbocycles. The fraction of sp³-hybridized carbons (Fsp3) is 0.238. The van der Waals surface area contributed by atoms with Crippen molar-refractivity contribution < 1.29 is 9.53 Å². The molecule has 0 aromatic heterocycles. The van der Waals surface area contributed by atoms with E-state index in [1.54, 1.807) is 6.07 Å². The minimum absolute atomic E-state index is 0.233. The van der Waals surface area contributed by atoms with Gasteiger partial charge >= 0.3 is 5.97 Å². The van der Waals surface area contributed by atoms with Gasteiger partial charge in [0.2, 0.25) is 0 Å². The first-order valence-corrected chi connectivity index (χ1v) is 9.86. The van der Waals surface area contributed by atoms with Crippen molar-refractivity contribution in [3.05, 3.63) is 63.6 Å². The molecule has 1 N–H and O–H groups in total. The lowest BCUT2D eigenvalue weighted by atomic mass is 10.0. The lowest BCUT2D eigenvalue weighted by Crippen LogP contribution is -2.26. The number of fused-ring (bicyclic) bond motifs is 1. The maximum absolute atomic E-state index is 11.9. The molecule has 0 spiro atoms. The van der Waals surface area contributed by atoms with Crippen LogP contribution in [0.1, 0.15) is 30.9 Å². The van der Waals surface area contributed by atoms with E-state index in [0.29, 0.717) is 39.4 Å². The maximum Gasteiger partial charge on any atom is 0.354 e. The second-order valence-corrected chi connectivity index (χ2v) is 7.12. The van der Waals surface area contributed by atoms with Crippen LogP contribution in [0.2, 0.25) is 10.0 Å². The molecule has 6 nitrogen and oxygen atoms in total. The van der Waals surface area contributed by atoms with Crippen molar-refractivity contribution in [3.8, 4) is 0 Å². The smallest absolute Gasteiger partial charge is 0.354 e. The number of carbonyl (C=O) groups is 1. The van der Waals surface area contributed by atoms with Crippen LogP contribution in [-0.4, -0.2) is 36.9 Å². The summed E-state index contributed by atoms with van der Waals surface area (Å²) in [4.78, 5) is 21.2. The van der Waals surface area contributed by atoms with Crippen LogP contribution in [0.3, 0.4) is 0 Å². The Kier molecular flexibility index (Phi) is 7.01. The number of amidine groups is 1. The highest BCUT2D eigenvalue weighted by Gasteiger charge is 2.19. The first-order chi connectivity index (χ1) is 14.0. The quantitative estimate of drug-likeness (QED) is 0.420. The molecule has 8 heteroatoms. The van der Waals surface area contributed by atoms with Gasteiger partial charge in [0.05, 0.1) is 25.1 Å². The third-order valence-electron chi connectivity index (χ3n) is 4.21. The van der Waals surface area contributed by atoms with Gasteiger partial charge in [0.15, 0.2) is 0 Å². The van der Waals surface area contributed by atoms with Crippen molar-refractivity contribution >= 4 is 52.1 Å². The molecule has 150 valence electrons. The Labute approximate surface area is 179 Å². The molecule has 3 rings (SSSR count). The normalized spacial score (nSPS) is 13.7. The summed E-state index contributed by atoms with van der Waals surface area (Å²) in [6, 6.07) is 12.9. The molecule has 1 aliphatic rings. The van der Waals surface area contributed by atoms with Gasteiger partial charge in [-0.3, -0.25) is 10.4 Å². The van der Waals surface area contributed by atoms with E-state index >= 15 is 0 Å². The first kappa shape index (κ1) is 21.0. The van der Waals surface area contributed by atoms with Gasteiger partial charge in [-0.15, -0.1) is 0 Å². The highest BCUT2D eigenvalue weighted by Crippen LogP contribution is 2.30. The van der Waals surface area contributed by atoms with Crippen LogP contribution in [0, 0.1) is 0 Å². The number of rotatable bonds is 5. The number of aliphatic imine (C=N–C) groups is 2. The summed E-state index contributed by atoms with van der Waals surface area (Å²) in [7, 11) is 1.33. The summed E-state index contributed by atoms with van der Waals surface area (Å²) in [5.74, 6) is 0.0224. The Hall–Kier alpha value is -2.70. The van der Waals surface area contributed by atoms with Crippen LogP contribution in [0.5, 0.6) is 0 Å². The molecule has 0 unspecified atom stereocenters. The van der Waals surface area contributed by atoms with Crippen LogP contribution in [-0.2, 0) is 9.53 Å². The van der Waals surface area contributed by atoms with E-state index in [-0.39, 0.29) is 6.54 Å². The topological polar surface area (TPSA) is 75.4 Å². The van der Waals surface area contributed by atoms with Gasteiger partial charge in [-0.25, -0.2) is 9.79 Å². The monoisotopic (exact) mass is 430 g/mol. The van der Waals surface area contributed by atoms with Gasteiger partial charge in [0.25, 0.3) is 0 Å². The Bertz CT molecular complexity index is 1020. The van der Waals surface area contributed by atoms with Crippen molar-refractivity contribution in [2.75, 3.05) is 13.7 Å². The zero-order valence-electron chi connectivity index (χ0n) is 16.1. The Morgan fingerprint density at radius 2 is 2.00 bits per heavy atom. The molecule has 0 saturated heterocycles. The molecule has 0 fully saturated rings.